The van der Waals surface area contributed by atoms with Gasteiger partial charge in [0.1, 0.15) is 24.4 Å². The van der Waals surface area contributed by atoms with E-state index in [2.05, 4.69) is 32.6 Å². The number of hydrogen-bond acceptors (Lipinski definition) is 8. The Bertz CT molecular complexity index is 997. The molecule has 10 heteroatoms. The van der Waals surface area contributed by atoms with E-state index in [1.54, 1.807) is 0 Å². The molecule has 0 unspecified atom stereocenters. The first kappa shape index (κ1) is 18.1. The fraction of sp³-hybridized carbons (Fsp3) is 0.368. The zero-order valence-corrected chi connectivity index (χ0v) is 16.5. The normalized spacial score (nSPS) is 16.8. The molecule has 2 aromatic heterocycles. The van der Waals surface area contributed by atoms with Crippen molar-refractivity contribution in [1.82, 2.24) is 30.0 Å². The van der Waals surface area contributed by atoms with Gasteiger partial charge < -0.3 is 14.4 Å². The third-order valence-electron chi connectivity index (χ3n) is 5.11. The van der Waals surface area contributed by atoms with Gasteiger partial charge in [0.2, 0.25) is 0 Å². The number of carbonyl (C=O) groups excluding carboxylic acids is 1. The standard InChI is InChI=1S/C19H20N6O3S/c26-19(18-15(3-10-29-18)25-13-20-21-22-25)24-6-4-23(5-7-24)12-14-1-2-16-17(11-14)28-9-8-27-16/h1-3,10-11,13H,4-9,12H2. The first-order valence-electron chi connectivity index (χ1n) is 9.49. The molecule has 3 aromatic rings. The maximum Gasteiger partial charge on any atom is 0.266 e. The molecule has 2 aliphatic heterocycles. The van der Waals surface area contributed by atoms with Gasteiger partial charge in [-0.3, -0.25) is 9.69 Å². The first-order valence-corrected chi connectivity index (χ1v) is 10.4. The van der Waals surface area contributed by atoms with Gasteiger partial charge in [0.15, 0.2) is 11.5 Å². The van der Waals surface area contributed by atoms with Crippen LogP contribution >= 0.6 is 11.3 Å². The van der Waals surface area contributed by atoms with Crippen LogP contribution in [0.15, 0.2) is 36.0 Å². The van der Waals surface area contributed by atoms with E-state index < -0.39 is 0 Å². The van der Waals surface area contributed by atoms with Crippen LogP contribution in [-0.4, -0.2) is 75.3 Å². The number of hydrogen-bond donors (Lipinski definition) is 0. The average Bonchev–Trinajstić information content (AvgIpc) is 3.45. The number of thiophene rings is 1. The molecule has 0 spiro atoms. The monoisotopic (exact) mass is 412 g/mol. The second-order valence-electron chi connectivity index (χ2n) is 6.94. The third-order valence-corrected chi connectivity index (χ3v) is 6.00. The summed E-state index contributed by atoms with van der Waals surface area (Å²) in [6.45, 7) is 5.05. The molecule has 0 atom stereocenters. The van der Waals surface area contributed by atoms with Crippen LogP contribution in [0.4, 0.5) is 0 Å². The number of rotatable bonds is 4. The second kappa shape index (κ2) is 7.80. The van der Waals surface area contributed by atoms with Gasteiger partial charge in [-0.25, -0.2) is 0 Å². The minimum Gasteiger partial charge on any atom is -0.486 e. The molecule has 0 bridgehead atoms. The van der Waals surface area contributed by atoms with Crippen LogP contribution in [0.5, 0.6) is 11.5 Å². The van der Waals surface area contributed by atoms with Crippen molar-refractivity contribution in [2.24, 2.45) is 0 Å². The first-order chi connectivity index (χ1) is 14.3. The second-order valence-corrected chi connectivity index (χ2v) is 7.85. The maximum atomic E-state index is 13.0. The van der Waals surface area contributed by atoms with Crippen molar-refractivity contribution >= 4 is 17.2 Å². The fourth-order valence-electron chi connectivity index (χ4n) is 3.61. The molecule has 0 N–H and O–H groups in total. The van der Waals surface area contributed by atoms with Crippen LogP contribution in [0.3, 0.4) is 0 Å². The lowest BCUT2D eigenvalue weighted by atomic mass is 10.1. The predicted octanol–water partition coefficient (Wildman–Crippen LogP) is 1.45. The van der Waals surface area contributed by atoms with Gasteiger partial charge in [-0.15, -0.1) is 16.4 Å². The lowest BCUT2D eigenvalue weighted by Gasteiger charge is -2.34. The molecular weight excluding hydrogens is 392 g/mol. The average molecular weight is 412 g/mol. The zero-order valence-electron chi connectivity index (χ0n) is 15.7. The van der Waals surface area contributed by atoms with E-state index in [0.29, 0.717) is 31.2 Å². The molecule has 150 valence electrons. The Labute approximate surface area is 171 Å². The molecule has 1 fully saturated rings. The molecule has 5 rings (SSSR count). The predicted molar refractivity (Wildman–Crippen MR) is 106 cm³/mol. The molecule has 9 nitrogen and oxygen atoms in total. The minimum atomic E-state index is 0.0319. The number of aromatic nitrogens is 4. The summed E-state index contributed by atoms with van der Waals surface area (Å²) in [6, 6.07) is 7.97. The van der Waals surface area contributed by atoms with E-state index in [-0.39, 0.29) is 5.91 Å². The fourth-order valence-corrected chi connectivity index (χ4v) is 4.46. The Kier molecular flexibility index (Phi) is 4.86. The summed E-state index contributed by atoms with van der Waals surface area (Å²) in [7, 11) is 0. The third kappa shape index (κ3) is 3.68. The van der Waals surface area contributed by atoms with Gasteiger partial charge in [0, 0.05) is 32.7 Å². The molecular formula is C19H20N6O3S. The van der Waals surface area contributed by atoms with Crippen LogP contribution in [0, 0.1) is 0 Å². The van der Waals surface area contributed by atoms with E-state index >= 15 is 0 Å². The van der Waals surface area contributed by atoms with Gasteiger partial charge in [0.05, 0.1) is 5.69 Å². The number of benzene rings is 1. The smallest absolute Gasteiger partial charge is 0.266 e. The highest BCUT2D eigenvalue weighted by Crippen LogP contribution is 2.31. The minimum absolute atomic E-state index is 0.0319. The molecule has 2 aliphatic rings. The van der Waals surface area contributed by atoms with Crippen molar-refractivity contribution in [2.45, 2.75) is 6.54 Å². The van der Waals surface area contributed by atoms with Crippen molar-refractivity contribution in [3.8, 4) is 17.2 Å². The number of fused-ring (bicyclic) bond motifs is 1. The number of piperazine rings is 1. The lowest BCUT2D eigenvalue weighted by Crippen LogP contribution is -2.48. The van der Waals surface area contributed by atoms with E-state index in [1.807, 2.05) is 22.4 Å². The number of carbonyl (C=O) groups is 1. The molecule has 1 aromatic carbocycles. The number of nitrogens with zero attached hydrogens (tertiary/aromatic N) is 6. The van der Waals surface area contributed by atoms with Crippen molar-refractivity contribution in [2.75, 3.05) is 39.4 Å². The highest BCUT2D eigenvalue weighted by atomic mass is 32.1. The van der Waals surface area contributed by atoms with Gasteiger partial charge in [0.25, 0.3) is 5.91 Å². The SMILES string of the molecule is O=C(c1sccc1-n1cnnn1)N1CCN(Cc2ccc3c(c2)OCCO3)CC1. The number of ether oxygens (including phenoxy) is 2. The van der Waals surface area contributed by atoms with Crippen LogP contribution in [0.2, 0.25) is 0 Å². The Morgan fingerprint density at radius 2 is 1.90 bits per heavy atom. The highest BCUT2D eigenvalue weighted by molar-refractivity contribution is 7.12. The van der Waals surface area contributed by atoms with Gasteiger partial charge >= 0.3 is 0 Å². The molecule has 1 amide bonds. The van der Waals surface area contributed by atoms with E-state index in [1.165, 1.54) is 27.9 Å². The number of tetrazole rings is 1. The number of amides is 1. The molecule has 0 radical (unpaired) electrons. The van der Waals surface area contributed by atoms with Crippen molar-refractivity contribution in [3.05, 3.63) is 46.4 Å². The van der Waals surface area contributed by atoms with Gasteiger partial charge in [-0.2, -0.15) is 4.68 Å². The summed E-state index contributed by atoms with van der Waals surface area (Å²) in [6.07, 6.45) is 1.50. The Balaban J connectivity index is 1.21. The topological polar surface area (TPSA) is 85.6 Å². The summed E-state index contributed by atoms with van der Waals surface area (Å²) in [4.78, 5) is 17.9. The van der Waals surface area contributed by atoms with E-state index in [4.69, 9.17) is 9.47 Å². The molecule has 29 heavy (non-hydrogen) atoms. The highest BCUT2D eigenvalue weighted by Gasteiger charge is 2.26. The van der Waals surface area contributed by atoms with Crippen molar-refractivity contribution < 1.29 is 14.3 Å². The van der Waals surface area contributed by atoms with Gasteiger partial charge in [-0.1, -0.05) is 6.07 Å². The van der Waals surface area contributed by atoms with Crippen LogP contribution in [0.25, 0.3) is 5.69 Å². The van der Waals surface area contributed by atoms with Gasteiger partial charge in [-0.05, 0) is 39.6 Å². The summed E-state index contributed by atoms with van der Waals surface area (Å²) in [5.74, 6) is 1.66. The van der Waals surface area contributed by atoms with Crippen LogP contribution in [0.1, 0.15) is 15.2 Å². The Morgan fingerprint density at radius 1 is 1.07 bits per heavy atom. The molecule has 4 heterocycles. The quantitative estimate of drug-likeness (QED) is 0.641. The summed E-state index contributed by atoms with van der Waals surface area (Å²) >= 11 is 1.42. The summed E-state index contributed by atoms with van der Waals surface area (Å²) in [5, 5.41) is 13.1. The Hall–Kier alpha value is -2.98. The van der Waals surface area contributed by atoms with Crippen LogP contribution < -0.4 is 9.47 Å². The van der Waals surface area contributed by atoms with E-state index in [0.717, 1.165) is 36.8 Å². The molecule has 1 saturated heterocycles. The van der Waals surface area contributed by atoms with Crippen LogP contribution in [-0.2, 0) is 6.54 Å². The Morgan fingerprint density at radius 3 is 2.69 bits per heavy atom. The largest absolute Gasteiger partial charge is 0.486 e. The van der Waals surface area contributed by atoms with Crippen molar-refractivity contribution in [1.29, 1.82) is 0 Å². The maximum absolute atomic E-state index is 13.0. The molecule has 0 saturated carbocycles. The summed E-state index contributed by atoms with van der Waals surface area (Å²) in [5.41, 5.74) is 1.91. The zero-order chi connectivity index (χ0) is 19.6. The molecule has 0 aliphatic carbocycles. The lowest BCUT2D eigenvalue weighted by molar-refractivity contribution is 0.0633. The summed E-state index contributed by atoms with van der Waals surface area (Å²) < 4.78 is 12.8. The van der Waals surface area contributed by atoms with Crippen molar-refractivity contribution in [3.63, 3.8) is 0 Å². The van der Waals surface area contributed by atoms with E-state index in [9.17, 15) is 4.79 Å².